The number of carbonyl (C=O) groups is 1. The van der Waals surface area contributed by atoms with Gasteiger partial charge in [0, 0.05) is 25.0 Å². The predicted octanol–water partition coefficient (Wildman–Crippen LogP) is 1.69. The van der Waals surface area contributed by atoms with Crippen LogP contribution in [0.1, 0.15) is 27.7 Å². The first kappa shape index (κ1) is 10.4. The number of carbonyl (C=O) groups excluding carboxylic acids is 1. The molecule has 1 saturated heterocycles. The molecule has 1 heterocycles. The largest absolute Gasteiger partial charge is 0.341 e. The molecule has 1 unspecified atom stereocenters. The summed E-state index contributed by atoms with van der Waals surface area (Å²) in [6, 6.07) is 0.436. The highest BCUT2D eigenvalue weighted by molar-refractivity contribution is 5.75. The van der Waals surface area contributed by atoms with Crippen LogP contribution in [-0.4, -0.2) is 30.6 Å². The quantitative estimate of drug-likeness (QED) is 0.661. The van der Waals surface area contributed by atoms with Crippen molar-refractivity contribution < 1.29 is 4.79 Å². The molecule has 13 heavy (non-hydrogen) atoms. The van der Waals surface area contributed by atoms with E-state index in [1.807, 2.05) is 4.90 Å². The highest BCUT2D eigenvalue weighted by Crippen LogP contribution is 2.40. The van der Waals surface area contributed by atoms with Crippen LogP contribution >= 0.6 is 0 Å². The number of likely N-dealkylation sites (tertiary alicyclic amines) is 1. The van der Waals surface area contributed by atoms with Gasteiger partial charge < -0.3 is 10.2 Å². The minimum atomic E-state index is 0.0537. The normalized spacial score (nSPS) is 25.7. The van der Waals surface area contributed by atoms with Gasteiger partial charge in [-0.2, -0.15) is 0 Å². The summed E-state index contributed by atoms with van der Waals surface area (Å²) in [6.07, 6.45) is 0. The molecule has 3 heteroatoms. The van der Waals surface area contributed by atoms with E-state index in [0.717, 1.165) is 6.54 Å². The fraction of sp³-hybridized carbons (Fsp3) is 0.900. The zero-order valence-corrected chi connectivity index (χ0v) is 9.22. The summed E-state index contributed by atoms with van der Waals surface area (Å²) in [5.74, 6) is 0.529. The molecule has 3 nitrogen and oxygen atoms in total. The number of urea groups is 1. The standard InChI is InChI=1S/C10H20N2O/c1-7(2)8-10(3,4)6-12(8)9(13)11-5/h7-8H,6H2,1-5H3,(H,11,13). The maximum Gasteiger partial charge on any atom is 0.317 e. The lowest BCUT2D eigenvalue weighted by Crippen LogP contribution is -2.67. The number of nitrogens with zero attached hydrogens (tertiary/aromatic N) is 1. The van der Waals surface area contributed by atoms with Crippen molar-refractivity contribution in [2.45, 2.75) is 33.7 Å². The molecule has 1 aliphatic rings. The average molecular weight is 184 g/mol. The number of hydrogen-bond donors (Lipinski definition) is 1. The van der Waals surface area contributed by atoms with E-state index < -0.39 is 0 Å². The zero-order chi connectivity index (χ0) is 10.2. The molecule has 1 fully saturated rings. The molecular weight excluding hydrogens is 164 g/mol. The van der Waals surface area contributed by atoms with Crippen LogP contribution in [0.15, 0.2) is 0 Å². The predicted molar refractivity (Wildman–Crippen MR) is 53.6 cm³/mol. The van der Waals surface area contributed by atoms with Gasteiger partial charge in [0.2, 0.25) is 0 Å². The molecular formula is C10H20N2O. The van der Waals surface area contributed by atoms with Crippen LogP contribution in [0.2, 0.25) is 0 Å². The Morgan fingerprint density at radius 3 is 2.38 bits per heavy atom. The van der Waals surface area contributed by atoms with E-state index in [0.29, 0.717) is 12.0 Å². The molecule has 0 aromatic carbocycles. The Kier molecular flexibility index (Phi) is 2.55. The van der Waals surface area contributed by atoms with Gasteiger partial charge in [0.15, 0.2) is 0 Å². The lowest BCUT2D eigenvalue weighted by Gasteiger charge is -2.56. The first-order valence-corrected chi connectivity index (χ1v) is 4.88. The van der Waals surface area contributed by atoms with Crippen molar-refractivity contribution in [1.29, 1.82) is 0 Å². The van der Waals surface area contributed by atoms with E-state index >= 15 is 0 Å². The van der Waals surface area contributed by atoms with Crippen molar-refractivity contribution in [2.75, 3.05) is 13.6 Å². The Bertz CT molecular complexity index is 211. The summed E-state index contributed by atoms with van der Waals surface area (Å²) in [5, 5.41) is 2.68. The van der Waals surface area contributed by atoms with Crippen LogP contribution < -0.4 is 5.32 Å². The number of hydrogen-bond acceptors (Lipinski definition) is 1. The number of nitrogens with one attached hydrogen (secondary N) is 1. The Labute approximate surface area is 80.5 Å². The Hall–Kier alpha value is -0.730. The molecule has 0 aliphatic carbocycles. The molecule has 0 spiro atoms. The van der Waals surface area contributed by atoms with Crippen molar-refractivity contribution in [3.63, 3.8) is 0 Å². The summed E-state index contributed by atoms with van der Waals surface area (Å²) in [5.41, 5.74) is 0.278. The van der Waals surface area contributed by atoms with E-state index in [2.05, 4.69) is 33.0 Å². The molecule has 1 rings (SSSR count). The molecule has 1 atom stereocenters. The zero-order valence-electron chi connectivity index (χ0n) is 9.22. The second-order valence-electron chi connectivity index (χ2n) is 4.86. The second-order valence-corrected chi connectivity index (χ2v) is 4.86. The average Bonchev–Trinajstić information content (AvgIpc) is 1.98. The van der Waals surface area contributed by atoms with Gasteiger partial charge in [-0.15, -0.1) is 0 Å². The van der Waals surface area contributed by atoms with Crippen molar-refractivity contribution >= 4 is 6.03 Å². The molecule has 0 saturated carbocycles. The Morgan fingerprint density at radius 2 is 2.08 bits per heavy atom. The topological polar surface area (TPSA) is 32.3 Å². The fourth-order valence-electron chi connectivity index (χ4n) is 2.54. The van der Waals surface area contributed by atoms with Gasteiger partial charge in [0.1, 0.15) is 0 Å². The summed E-state index contributed by atoms with van der Waals surface area (Å²) >= 11 is 0. The first-order chi connectivity index (χ1) is 5.90. The van der Waals surface area contributed by atoms with E-state index in [4.69, 9.17) is 0 Å². The monoisotopic (exact) mass is 184 g/mol. The molecule has 1 N–H and O–H groups in total. The van der Waals surface area contributed by atoms with Gasteiger partial charge in [-0.25, -0.2) is 4.79 Å². The number of amides is 2. The Morgan fingerprint density at radius 1 is 1.54 bits per heavy atom. The lowest BCUT2D eigenvalue weighted by atomic mass is 9.70. The molecule has 0 bridgehead atoms. The molecule has 0 radical (unpaired) electrons. The van der Waals surface area contributed by atoms with Gasteiger partial charge in [-0.1, -0.05) is 27.7 Å². The van der Waals surface area contributed by atoms with Crippen LogP contribution in [0.3, 0.4) is 0 Å². The minimum absolute atomic E-state index is 0.0537. The molecule has 1 aliphatic heterocycles. The molecule has 2 amide bonds. The van der Waals surface area contributed by atoms with Crippen molar-refractivity contribution in [3.05, 3.63) is 0 Å². The van der Waals surface area contributed by atoms with Crippen LogP contribution in [0, 0.1) is 11.3 Å². The Balaban J connectivity index is 2.68. The van der Waals surface area contributed by atoms with Gasteiger partial charge in [0.25, 0.3) is 0 Å². The first-order valence-electron chi connectivity index (χ1n) is 4.88. The van der Waals surface area contributed by atoms with Gasteiger partial charge in [-0.05, 0) is 5.92 Å². The second kappa shape index (κ2) is 3.20. The maximum absolute atomic E-state index is 11.4. The summed E-state index contributed by atoms with van der Waals surface area (Å²) in [7, 11) is 1.69. The lowest BCUT2D eigenvalue weighted by molar-refractivity contribution is -0.0399. The van der Waals surface area contributed by atoms with Gasteiger partial charge in [0.05, 0.1) is 0 Å². The minimum Gasteiger partial charge on any atom is -0.341 e. The van der Waals surface area contributed by atoms with Crippen LogP contribution in [0.5, 0.6) is 0 Å². The fourth-order valence-corrected chi connectivity index (χ4v) is 2.54. The summed E-state index contributed by atoms with van der Waals surface area (Å²) in [4.78, 5) is 13.3. The van der Waals surface area contributed by atoms with Crippen LogP contribution in [0.4, 0.5) is 4.79 Å². The van der Waals surface area contributed by atoms with Gasteiger partial charge >= 0.3 is 6.03 Å². The highest BCUT2D eigenvalue weighted by atomic mass is 16.2. The van der Waals surface area contributed by atoms with Crippen molar-refractivity contribution in [1.82, 2.24) is 10.2 Å². The van der Waals surface area contributed by atoms with Gasteiger partial charge in [-0.3, -0.25) is 0 Å². The third-order valence-electron chi connectivity index (χ3n) is 2.82. The van der Waals surface area contributed by atoms with Crippen molar-refractivity contribution in [3.8, 4) is 0 Å². The molecule has 0 aromatic rings. The van der Waals surface area contributed by atoms with Crippen LogP contribution in [0.25, 0.3) is 0 Å². The van der Waals surface area contributed by atoms with E-state index in [1.165, 1.54) is 0 Å². The third kappa shape index (κ3) is 1.64. The van der Waals surface area contributed by atoms with E-state index in [1.54, 1.807) is 7.05 Å². The molecule has 76 valence electrons. The smallest absolute Gasteiger partial charge is 0.317 e. The highest BCUT2D eigenvalue weighted by Gasteiger charge is 2.49. The summed E-state index contributed by atoms with van der Waals surface area (Å²) < 4.78 is 0. The van der Waals surface area contributed by atoms with E-state index in [9.17, 15) is 4.79 Å². The number of rotatable bonds is 1. The third-order valence-corrected chi connectivity index (χ3v) is 2.82. The maximum atomic E-state index is 11.4. The van der Waals surface area contributed by atoms with E-state index in [-0.39, 0.29) is 11.4 Å². The summed E-state index contributed by atoms with van der Waals surface area (Å²) in [6.45, 7) is 9.65. The van der Waals surface area contributed by atoms with Crippen molar-refractivity contribution in [2.24, 2.45) is 11.3 Å². The van der Waals surface area contributed by atoms with Crippen LogP contribution in [-0.2, 0) is 0 Å². The SMILES string of the molecule is CNC(=O)N1CC(C)(C)C1C(C)C. The molecule has 0 aromatic heterocycles.